The first kappa shape index (κ1) is 17.7. The Morgan fingerprint density at radius 2 is 1.71 bits per heavy atom. The van der Waals surface area contributed by atoms with Crippen LogP contribution in [0, 0.1) is 5.82 Å². The summed E-state index contributed by atoms with van der Waals surface area (Å²) < 4.78 is 25.3. The summed E-state index contributed by atoms with van der Waals surface area (Å²) in [6.45, 7) is 5.25. The molecule has 3 N–H and O–H groups in total. The third-order valence-corrected chi connectivity index (χ3v) is 3.06. The Balaban J connectivity index is 2.88. The van der Waals surface area contributed by atoms with E-state index in [0.29, 0.717) is 43.1 Å². The van der Waals surface area contributed by atoms with Crippen LogP contribution < -0.4 is 15.2 Å². The summed E-state index contributed by atoms with van der Waals surface area (Å²) in [6, 6.07) is 3.03. The number of hydrogen-bond acceptors (Lipinski definition) is 4. The molecule has 0 amide bonds. The number of ether oxygens (including phenoxy) is 2. The molecule has 0 aliphatic carbocycles. The fourth-order valence-electron chi connectivity index (χ4n) is 1.86. The molecule has 0 aliphatic heterocycles. The van der Waals surface area contributed by atoms with Gasteiger partial charge < -0.3 is 20.3 Å². The van der Waals surface area contributed by atoms with E-state index in [9.17, 15) is 9.50 Å². The van der Waals surface area contributed by atoms with Crippen LogP contribution in [0.2, 0.25) is 0 Å². The van der Waals surface area contributed by atoms with Gasteiger partial charge in [-0.15, -0.1) is 0 Å². The van der Waals surface area contributed by atoms with E-state index in [1.165, 1.54) is 6.07 Å². The Labute approximate surface area is 126 Å². The van der Waals surface area contributed by atoms with E-state index >= 15 is 0 Å². The van der Waals surface area contributed by atoms with Gasteiger partial charge in [0.1, 0.15) is 5.82 Å². The Kier molecular flexibility index (Phi) is 8.08. The van der Waals surface area contributed by atoms with Gasteiger partial charge in [-0.3, -0.25) is 0 Å². The second-order valence-corrected chi connectivity index (χ2v) is 5.02. The maximum absolute atomic E-state index is 14.1. The Bertz CT molecular complexity index is 426. The lowest BCUT2D eigenvalue weighted by atomic mass is 10.1. The predicted molar refractivity (Wildman–Crippen MR) is 81.4 cm³/mol. The molecule has 0 heterocycles. The van der Waals surface area contributed by atoms with Gasteiger partial charge in [-0.25, -0.2) is 4.39 Å². The molecule has 1 aromatic rings. The molecular formula is C16H26FNO3. The summed E-state index contributed by atoms with van der Waals surface area (Å²) in [6.07, 6.45) is 1.95. The van der Waals surface area contributed by atoms with Gasteiger partial charge in [-0.1, -0.05) is 13.8 Å². The average molecular weight is 299 g/mol. The molecule has 0 spiro atoms. The molecule has 1 atom stereocenters. The lowest BCUT2D eigenvalue weighted by molar-refractivity contribution is 0.172. The van der Waals surface area contributed by atoms with Crippen LogP contribution in [-0.4, -0.2) is 31.0 Å². The van der Waals surface area contributed by atoms with E-state index in [4.69, 9.17) is 15.2 Å². The number of aryl methyl sites for hydroxylation is 1. The quantitative estimate of drug-likeness (QED) is 0.697. The Morgan fingerprint density at radius 1 is 1.14 bits per heavy atom. The van der Waals surface area contributed by atoms with Gasteiger partial charge >= 0.3 is 0 Å². The van der Waals surface area contributed by atoms with E-state index in [1.54, 1.807) is 6.07 Å². The fraction of sp³-hybridized carbons (Fsp3) is 0.625. The number of rotatable bonds is 10. The molecule has 4 nitrogen and oxygen atoms in total. The van der Waals surface area contributed by atoms with E-state index in [0.717, 1.165) is 12.8 Å². The molecule has 0 aliphatic rings. The summed E-state index contributed by atoms with van der Waals surface area (Å²) in [5.74, 6) is 0.657. The highest BCUT2D eigenvalue weighted by atomic mass is 19.1. The number of aliphatic hydroxyl groups is 1. The molecule has 1 rings (SSSR count). The standard InChI is InChI=1S/C16H26FNO3/c1-3-7-20-15-9-12(5-6-13(19)11-18)14(17)10-16(15)21-8-4-2/h9-10,13,19H,3-8,11,18H2,1-2H3. The SMILES string of the molecule is CCCOc1cc(F)c(CCC(O)CN)cc1OCCC. The zero-order valence-corrected chi connectivity index (χ0v) is 12.9. The largest absolute Gasteiger partial charge is 0.490 e. The van der Waals surface area contributed by atoms with Crippen LogP contribution >= 0.6 is 0 Å². The van der Waals surface area contributed by atoms with Gasteiger partial charge in [-0.05, 0) is 37.3 Å². The van der Waals surface area contributed by atoms with Crippen LogP contribution in [0.4, 0.5) is 4.39 Å². The molecule has 0 aromatic heterocycles. The summed E-state index contributed by atoms with van der Waals surface area (Å²) in [4.78, 5) is 0. The minimum atomic E-state index is -0.611. The lowest BCUT2D eigenvalue weighted by Crippen LogP contribution is -2.20. The van der Waals surface area contributed by atoms with Gasteiger partial charge in [-0.2, -0.15) is 0 Å². The molecular weight excluding hydrogens is 273 g/mol. The van der Waals surface area contributed by atoms with Crippen molar-refractivity contribution < 1.29 is 19.0 Å². The van der Waals surface area contributed by atoms with Crippen LogP contribution in [0.1, 0.15) is 38.7 Å². The van der Waals surface area contributed by atoms with Gasteiger partial charge in [0, 0.05) is 12.6 Å². The number of aliphatic hydroxyl groups excluding tert-OH is 1. The second kappa shape index (κ2) is 9.58. The topological polar surface area (TPSA) is 64.7 Å². The third kappa shape index (κ3) is 5.89. The highest BCUT2D eigenvalue weighted by Gasteiger charge is 2.13. The van der Waals surface area contributed by atoms with Gasteiger partial charge in [0.15, 0.2) is 11.5 Å². The van der Waals surface area contributed by atoms with Gasteiger partial charge in [0.25, 0.3) is 0 Å². The zero-order chi connectivity index (χ0) is 15.7. The highest BCUT2D eigenvalue weighted by Crippen LogP contribution is 2.31. The van der Waals surface area contributed by atoms with Gasteiger partial charge in [0.05, 0.1) is 19.3 Å². The molecule has 0 bridgehead atoms. The van der Waals surface area contributed by atoms with Crippen molar-refractivity contribution in [3.05, 3.63) is 23.5 Å². The Morgan fingerprint density at radius 3 is 2.24 bits per heavy atom. The van der Waals surface area contributed by atoms with Crippen molar-refractivity contribution in [3.8, 4) is 11.5 Å². The Hall–Kier alpha value is -1.33. The summed E-state index contributed by atoms with van der Waals surface area (Å²) in [5.41, 5.74) is 5.87. The van der Waals surface area contributed by atoms with Crippen molar-refractivity contribution in [2.45, 2.75) is 45.6 Å². The second-order valence-electron chi connectivity index (χ2n) is 5.02. The normalized spacial score (nSPS) is 12.2. The van der Waals surface area contributed by atoms with Crippen LogP contribution in [0.25, 0.3) is 0 Å². The van der Waals surface area contributed by atoms with Crippen LogP contribution in [0.3, 0.4) is 0 Å². The van der Waals surface area contributed by atoms with E-state index in [1.807, 2.05) is 13.8 Å². The highest BCUT2D eigenvalue weighted by molar-refractivity contribution is 5.44. The van der Waals surface area contributed by atoms with Gasteiger partial charge in [0.2, 0.25) is 0 Å². The molecule has 0 saturated heterocycles. The third-order valence-electron chi connectivity index (χ3n) is 3.06. The summed E-state index contributed by atoms with van der Waals surface area (Å²) in [7, 11) is 0. The number of hydrogen-bond donors (Lipinski definition) is 2. The first-order valence-electron chi connectivity index (χ1n) is 7.58. The zero-order valence-electron chi connectivity index (χ0n) is 12.9. The number of nitrogens with two attached hydrogens (primary N) is 1. The van der Waals surface area contributed by atoms with Crippen molar-refractivity contribution in [2.75, 3.05) is 19.8 Å². The molecule has 120 valence electrons. The molecule has 5 heteroatoms. The molecule has 0 radical (unpaired) electrons. The monoisotopic (exact) mass is 299 g/mol. The van der Waals surface area contributed by atoms with Crippen molar-refractivity contribution in [1.29, 1.82) is 0 Å². The first-order chi connectivity index (χ1) is 10.1. The van der Waals surface area contributed by atoms with Crippen molar-refractivity contribution in [2.24, 2.45) is 5.73 Å². The number of benzene rings is 1. The molecule has 21 heavy (non-hydrogen) atoms. The maximum Gasteiger partial charge on any atom is 0.164 e. The van der Waals surface area contributed by atoms with Crippen LogP contribution in [0.5, 0.6) is 11.5 Å². The molecule has 0 saturated carbocycles. The van der Waals surface area contributed by atoms with E-state index < -0.39 is 6.10 Å². The minimum absolute atomic E-state index is 0.179. The predicted octanol–water partition coefficient (Wildman–Crippen LogP) is 2.66. The maximum atomic E-state index is 14.1. The first-order valence-corrected chi connectivity index (χ1v) is 7.58. The number of halogens is 1. The molecule has 1 unspecified atom stereocenters. The molecule has 1 aromatic carbocycles. The van der Waals surface area contributed by atoms with Crippen LogP contribution in [0.15, 0.2) is 12.1 Å². The lowest BCUT2D eigenvalue weighted by Gasteiger charge is -2.15. The smallest absolute Gasteiger partial charge is 0.164 e. The van der Waals surface area contributed by atoms with Crippen LogP contribution in [-0.2, 0) is 6.42 Å². The summed E-state index contributed by atoms with van der Waals surface area (Å²) in [5, 5.41) is 9.49. The average Bonchev–Trinajstić information content (AvgIpc) is 2.50. The van der Waals surface area contributed by atoms with E-state index in [2.05, 4.69) is 0 Å². The van der Waals surface area contributed by atoms with E-state index in [-0.39, 0.29) is 12.4 Å². The van der Waals surface area contributed by atoms with Crippen molar-refractivity contribution in [3.63, 3.8) is 0 Å². The van der Waals surface area contributed by atoms with Crippen molar-refractivity contribution in [1.82, 2.24) is 0 Å². The van der Waals surface area contributed by atoms with Crippen molar-refractivity contribution >= 4 is 0 Å². The fourth-order valence-corrected chi connectivity index (χ4v) is 1.86. The minimum Gasteiger partial charge on any atom is -0.490 e. The summed E-state index contributed by atoms with van der Waals surface area (Å²) >= 11 is 0. The molecule has 0 fully saturated rings.